The summed E-state index contributed by atoms with van der Waals surface area (Å²) in [4.78, 5) is 22.6. The molecule has 0 atom stereocenters. The fourth-order valence-corrected chi connectivity index (χ4v) is 2.43. The van der Waals surface area contributed by atoms with Crippen LogP contribution < -0.4 is 5.32 Å². The van der Waals surface area contributed by atoms with Crippen molar-refractivity contribution >= 4 is 11.9 Å². The lowest BCUT2D eigenvalue weighted by atomic mass is 9.67. The Morgan fingerprint density at radius 1 is 1.50 bits per heavy atom. The smallest absolute Gasteiger partial charge is 0.338 e. The van der Waals surface area contributed by atoms with Gasteiger partial charge < -0.3 is 19.6 Å². The third-order valence-corrected chi connectivity index (χ3v) is 3.94. The van der Waals surface area contributed by atoms with E-state index in [4.69, 9.17) is 14.3 Å². The van der Waals surface area contributed by atoms with Crippen LogP contribution in [0.5, 0.6) is 0 Å². The Kier molecular flexibility index (Phi) is 4.44. The molecule has 1 aliphatic rings. The maximum Gasteiger partial charge on any atom is 0.338 e. The third-order valence-electron chi connectivity index (χ3n) is 3.94. The molecule has 0 aromatic carbocycles. The van der Waals surface area contributed by atoms with Crippen molar-refractivity contribution in [1.29, 1.82) is 0 Å². The maximum atomic E-state index is 11.9. The molecule has 0 radical (unpaired) electrons. The van der Waals surface area contributed by atoms with Gasteiger partial charge in [0, 0.05) is 26.3 Å². The van der Waals surface area contributed by atoms with E-state index in [1.54, 1.807) is 7.11 Å². The van der Waals surface area contributed by atoms with E-state index >= 15 is 0 Å². The number of carboxylic acid groups (broad SMARTS) is 1. The van der Waals surface area contributed by atoms with Crippen LogP contribution in [0.15, 0.2) is 16.7 Å². The Balaban J connectivity index is 1.89. The van der Waals surface area contributed by atoms with Crippen LogP contribution in [0.25, 0.3) is 0 Å². The number of carboxylic acids is 1. The molecule has 2 N–H and O–H groups in total. The van der Waals surface area contributed by atoms with Crippen molar-refractivity contribution in [3.05, 3.63) is 23.7 Å². The van der Waals surface area contributed by atoms with E-state index in [1.807, 2.05) is 0 Å². The van der Waals surface area contributed by atoms with Crippen LogP contribution in [0, 0.1) is 5.41 Å². The first-order valence-corrected chi connectivity index (χ1v) is 6.65. The zero-order valence-electron chi connectivity index (χ0n) is 11.5. The number of hydrogen-bond acceptors (Lipinski definition) is 4. The lowest BCUT2D eigenvalue weighted by Crippen LogP contribution is -2.42. The Labute approximate surface area is 117 Å². The van der Waals surface area contributed by atoms with E-state index in [0.29, 0.717) is 13.2 Å². The molecule has 20 heavy (non-hydrogen) atoms. The summed E-state index contributed by atoms with van der Waals surface area (Å²) >= 11 is 0. The highest BCUT2D eigenvalue weighted by Gasteiger charge is 2.36. The van der Waals surface area contributed by atoms with Crippen LogP contribution in [0.2, 0.25) is 0 Å². The van der Waals surface area contributed by atoms with Gasteiger partial charge in [0.05, 0.1) is 5.56 Å². The second-order valence-corrected chi connectivity index (χ2v) is 5.28. The molecule has 1 heterocycles. The van der Waals surface area contributed by atoms with Crippen molar-refractivity contribution in [3.63, 3.8) is 0 Å². The van der Waals surface area contributed by atoms with E-state index in [-0.39, 0.29) is 22.6 Å². The molecule has 110 valence electrons. The monoisotopic (exact) mass is 281 g/mol. The van der Waals surface area contributed by atoms with E-state index in [2.05, 4.69) is 5.32 Å². The summed E-state index contributed by atoms with van der Waals surface area (Å²) in [5.41, 5.74) is 0.0985. The first-order valence-electron chi connectivity index (χ1n) is 6.65. The molecule has 1 amide bonds. The minimum absolute atomic E-state index is 0.0205. The quantitative estimate of drug-likeness (QED) is 0.797. The number of methoxy groups -OCH3 is 1. The largest absolute Gasteiger partial charge is 0.478 e. The first-order chi connectivity index (χ1) is 9.56. The molecule has 6 nitrogen and oxygen atoms in total. The van der Waals surface area contributed by atoms with Crippen LogP contribution in [0.4, 0.5) is 0 Å². The lowest BCUT2D eigenvalue weighted by molar-refractivity contribution is 0.0622. The fourth-order valence-electron chi connectivity index (χ4n) is 2.43. The van der Waals surface area contributed by atoms with Crippen LogP contribution in [-0.2, 0) is 4.74 Å². The molecule has 1 saturated carbocycles. The van der Waals surface area contributed by atoms with Gasteiger partial charge in [-0.3, -0.25) is 4.79 Å². The van der Waals surface area contributed by atoms with Gasteiger partial charge in [-0.2, -0.15) is 0 Å². The fraction of sp³-hybridized carbons (Fsp3) is 0.571. The van der Waals surface area contributed by atoms with Gasteiger partial charge in [0.2, 0.25) is 0 Å². The van der Waals surface area contributed by atoms with E-state index < -0.39 is 5.97 Å². The SMILES string of the molecule is COCCC1(CNC(=O)c2cc(C(=O)O)co2)CCC1. The van der Waals surface area contributed by atoms with Crippen molar-refractivity contribution in [1.82, 2.24) is 5.32 Å². The summed E-state index contributed by atoms with van der Waals surface area (Å²) in [6, 6.07) is 1.24. The number of hydrogen-bond donors (Lipinski definition) is 2. The molecule has 1 fully saturated rings. The van der Waals surface area contributed by atoms with E-state index in [9.17, 15) is 9.59 Å². The van der Waals surface area contributed by atoms with Gasteiger partial charge in [0.1, 0.15) is 6.26 Å². The summed E-state index contributed by atoms with van der Waals surface area (Å²) in [5, 5.41) is 11.6. The average molecular weight is 281 g/mol. The Morgan fingerprint density at radius 3 is 2.75 bits per heavy atom. The van der Waals surface area contributed by atoms with Gasteiger partial charge in [-0.25, -0.2) is 4.79 Å². The number of ether oxygens (including phenoxy) is 1. The van der Waals surface area contributed by atoms with Crippen molar-refractivity contribution in [2.45, 2.75) is 25.7 Å². The average Bonchev–Trinajstić information content (AvgIpc) is 2.86. The maximum absolute atomic E-state index is 11.9. The molecule has 0 spiro atoms. The van der Waals surface area contributed by atoms with Gasteiger partial charge in [0.25, 0.3) is 5.91 Å². The highest BCUT2D eigenvalue weighted by Crippen LogP contribution is 2.43. The predicted octanol–water partition coefficient (Wildman–Crippen LogP) is 1.91. The van der Waals surface area contributed by atoms with Crippen molar-refractivity contribution in [2.24, 2.45) is 5.41 Å². The number of amides is 1. The van der Waals surface area contributed by atoms with Gasteiger partial charge in [-0.1, -0.05) is 6.42 Å². The highest BCUT2D eigenvalue weighted by molar-refractivity contribution is 5.95. The Bertz CT molecular complexity index is 490. The number of carbonyl (C=O) groups excluding carboxylic acids is 1. The van der Waals surface area contributed by atoms with Crippen LogP contribution >= 0.6 is 0 Å². The molecule has 1 aliphatic carbocycles. The Hall–Kier alpha value is -1.82. The van der Waals surface area contributed by atoms with Gasteiger partial charge in [-0.15, -0.1) is 0 Å². The molecule has 0 bridgehead atoms. The van der Waals surface area contributed by atoms with Crippen molar-refractivity contribution < 1.29 is 23.8 Å². The molecule has 6 heteroatoms. The molecule has 0 aliphatic heterocycles. The molecule has 1 aromatic rings. The number of nitrogens with one attached hydrogen (secondary N) is 1. The predicted molar refractivity (Wildman–Crippen MR) is 70.8 cm³/mol. The van der Waals surface area contributed by atoms with Crippen molar-refractivity contribution in [3.8, 4) is 0 Å². The summed E-state index contributed by atoms with van der Waals surface area (Å²) in [6.45, 7) is 1.25. The third kappa shape index (κ3) is 3.19. The van der Waals surface area contributed by atoms with Crippen LogP contribution in [0.3, 0.4) is 0 Å². The molecule has 0 saturated heterocycles. The molecule has 1 aromatic heterocycles. The summed E-state index contributed by atoms with van der Waals surface area (Å²) in [6.07, 6.45) is 5.32. The van der Waals surface area contributed by atoms with Gasteiger partial charge in [0.15, 0.2) is 5.76 Å². The topological polar surface area (TPSA) is 88.8 Å². The van der Waals surface area contributed by atoms with Crippen LogP contribution in [-0.4, -0.2) is 37.2 Å². The molecular weight excluding hydrogens is 262 g/mol. The molecular formula is C14H19NO5. The number of rotatable bonds is 7. The van der Waals surface area contributed by atoms with Gasteiger partial charge in [-0.05, 0) is 24.7 Å². The van der Waals surface area contributed by atoms with Crippen LogP contribution in [0.1, 0.15) is 46.6 Å². The summed E-state index contributed by atoms with van der Waals surface area (Å²) < 4.78 is 10.1. The molecule has 2 rings (SSSR count). The normalized spacial score (nSPS) is 16.4. The minimum atomic E-state index is -1.11. The van der Waals surface area contributed by atoms with E-state index in [1.165, 1.54) is 12.5 Å². The van der Waals surface area contributed by atoms with Gasteiger partial charge >= 0.3 is 5.97 Å². The second-order valence-electron chi connectivity index (χ2n) is 5.28. The van der Waals surface area contributed by atoms with Crippen molar-refractivity contribution in [2.75, 3.05) is 20.3 Å². The molecule has 0 unspecified atom stereocenters. The summed E-state index contributed by atoms with van der Waals surface area (Å²) in [5.74, 6) is -1.45. The first kappa shape index (κ1) is 14.6. The highest BCUT2D eigenvalue weighted by atomic mass is 16.5. The van der Waals surface area contributed by atoms with E-state index in [0.717, 1.165) is 25.5 Å². The zero-order valence-corrected chi connectivity index (χ0v) is 11.5. The number of carbonyl (C=O) groups is 2. The standard InChI is InChI=1S/C14H19NO5/c1-19-6-5-14(3-2-4-14)9-15-12(16)11-7-10(8-20-11)13(17)18/h7-8H,2-6,9H2,1H3,(H,15,16)(H,17,18). The summed E-state index contributed by atoms with van der Waals surface area (Å²) in [7, 11) is 1.67. The Morgan fingerprint density at radius 2 is 2.25 bits per heavy atom. The number of aromatic carboxylic acids is 1. The lowest BCUT2D eigenvalue weighted by Gasteiger charge is -2.42. The minimum Gasteiger partial charge on any atom is -0.478 e. The second kappa shape index (κ2) is 6.09. The zero-order chi connectivity index (χ0) is 14.6. The number of furan rings is 1.